The molecule has 0 aliphatic heterocycles. The smallest absolute Gasteiger partial charge is 0.227 e. The Bertz CT molecular complexity index is 1090. The fourth-order valence-electron chi connectivity index (χ4n) is 2.85. The topological polar surface area (TPSA) is 104 Å². The molecule has 2 heterocycles. The Kier molecular flexibility index (Phi) is 2.99. The number of benzene rings is 3. The molecule has 0 spiro atoms. The van der Waals surface area contributed by atoms with E-state index < -0.39 is 0 Å². The summed E-state index contributed by atoms with van der Waals surface area (Å²) in [5, 5.41) is 0. The van der Waals surface area contributed by atoms with Crippen LogP contribution in [0.2, 0.25) is 0 Å². The summed E-state index contributed by atoms with van der Waals surface area (Å²) in [6, 6.07) is 18.4. The molecular weight excluding hydrogens is 328 g/mol. The lowest BCUT2D eigenvalue weighted by molar-refractivity contribution is 0.618. The highest BCUT2D eigenvalue weighted by atomic mass is 16.4. The van der Waals surface area contributed by atoms with Crippen LogP contribution in [0.5, 0.6) is 0 Å². The maximum atomic E-state index is 5.88. The lowest BCUT2D eigenvalue weighted by Gasteiger charge is -1.95. The number of nitrogens with zero attached hydrogens (tertiary/aromatic N) is 2. The van der Waals surface area contributed by atoms with Gasteiger partial charge in [0.1, 0.15) is 11.0 Å². The van der Waals surface area contributed by atoms with Gasteiger partial charge in [-0.15, -0.1) is 0 Å². The minimum Gasteiger partial charge on any atom is -0.436 e. The van der Waals surface area contributed by atoms with Crippen molar-refractivity contribution in [3.8, 4) is 22.9 Å². The summed E-state index contributed by atoms with van der Waals surface area (Å²) >= 11 is 0. The number of nitrogen functional groups attached to an aromatic ring is 2. The summed E-state index contributed by atoms with van der Waals surface area (Å²) in [5.74, 6) is 1.07. The van der Waals surface area contributed by atoms with E-state index in [-0.39, 0.29) is 0 Å². The number of fused-ring (bicyclic) bond motifs is 2. The van der Waals surface area contributed by atoms with Crippen LogP contribution in [-0.4, -0.2) is 9.97 Å². The highest BCUT2D eigenvalue weighted by Gasteiger charge is 2.14. The van der Waals surface area contributed by atoms with E-state index in [2.05, 4.69) is 9.97 Å². The molecule has 0 fully saturated rings. The van der Waals surface area contributed by atoms with E-state index in [1.54, 1.807) is 0 Å². The van der Waals surface area contributed by atoms with E-state index in [4.69, 9.17) is 20.3 Å². The monoisotopic (exact) mass is 342 g/mol. The molecule has 2 aromatic heterocycles. The number of nitrogens with two attached hydrogens (primary N) is 2. The van der Waals surface area contributed by atoms with Crippen LogP contribution < -0.4 is 11.5 Å². The molecule has 5 aromatic rings. The van der Waals surface area contributed by atoms with Gasteiger partial charge in [-0.1, -0.05) is 0 Å². The van der Waals surface area contributed by atoms with E-state index >= 15 is 0 Å². The molecule has 0 saturated carbocycles. The molecule has 0 atom stereocenters. The lowest BCUT2D eigenvalue weighted by Crippen LogP contribution is -1.83. The van der Waals surface area contributed by atoms with E-state index in [9.17, 15) is 0 Å². The van der Waals surface area contributed by atoms with Crippen LogP contribution in [-0.2, 0) is 0 Å². The van der Waals surface area contributed by atoms with E-state index in [1.807, 2.05) is 60.7 Å². The Morgan fingerprint density at radius 1 is 0.577 bits per heavy atom. The van der Waals surface area contributed by atoms with Crippen molar-refractivity contribution in [2.24, 2.45) is 0 Å². The van der Waals surface area contributed by atoms with Gasteiger partial charge in [0.15, 0.2) is 11.2 Å². The highest BCUT2D eigenvalue weighted by Crippen LogP contribution is 2.31. The lowest BCUT2D eigenvalue weighted by atomic mass is 10.2. The van der Waals surface area contributed by atoms with E-state index in [0.29, 0.717) is 45.4 Å². The zero-order valence-corrected chi connectivity index (χ0v) is 13.6. The molecule has 6 heteroatoms. The third-order valence-electron chi connectivity index (χ3n) is 4.21. The van der Waals surface area contributed by atoms with Crippen LogP contribution in [0.3, 0.4) is 0 Å². The van der Waals surface area contributed by atoms with Crippen molar-refractivity contribution >= 4 is 33.6 Å². The maximum Gasteiger partial charge on any atom is 0.227 e. The molecule has 26 heavy (non-hydrogen) atoms. The Morgan fingerprint density at radius 2 is 0.962 bits per heavy atom. The van der Waals surface area contributed by atoms with Crippen LogP contribution in [0.1, 0.15) is 0 Å². The quantitative estimate of drug-likeness (QED) is 0.459. The summed E-state index contributed by atoms with van der Waals surface area (Å²) in [7, 11) is 0. The van der Waals surface area contributed by atoms with Crippen molar-refractivity contribution < 1.29 is 8.83 Å². The van der Waals surface area contributed by atoms with Crippen LogP contribution in [0.15, 0.2) is 69.5 Å². The second kappa shape index (κ2) is 5.35. The van der Waals surface area contributed by atoms with Gasteiger partial charge in [-0.2, -0.15) is 0 Å². The van der Waals surface area contributed by atoms with Crippen molar-refractivity contribution in [1.82, 2.24) is 9.97 Å². The first-order valence-corrected chi connectivity index (χ1v) is 8.09. The highest BCUT2D eigenvalue weighted by molar-refractivity contribution is 5.91. The molecule has 0 aliphatic rings. The third kappa shape index (κ3) is 2.36. The second-order valence-electron chi connectivity index (χ2n) is 6.07. The minimum atomic E-state index is 0.534. The number of hydrogen-bond donors (Lipinski definition) is 2. The number of aromatic nitrogens is 2. The number of rotatable bonds is 2. The van der Waals surface area contributed by atoms with Crippen molar-refractivity contribution in [3.63, 3.8) is 0 Å². The van der Waals surface area contributed by atoms with Gasteiger partial charge in [0.2, 0.25) is 11.8 Å². The number of oxazole rings is 2. The molecule has 0 unspecified atom stereocenters. The fourth-order valence-corrected chi connectivity index (χ4v) is 2.85. The van der Waals surface area contributed by atoms with Gasteiger partial charge in [0.25, 0.3) is 0 Å². The van der Waals surface area contributed by atoms with E-state index in [1.165, 1.54) is 0 Å². The van der Waals surface area contributed by atoms with Crippen LogP contribution in [0.25, 0.3) is 45.1 Å². The molecular formula is C20H14N4O2. The van der Waals surface area contributed by atoms with Gasteiger partial charge in [-0.25, -0.2) is 9.97 Å². The summed E-state index contributed by atoms with van der Waals surface area (Å²) in [4.78, 5) is 9.09. The third-order valence-corrected chi connectivity index (χ3v) is 4.21. The first-order valence-electron chi connectivity index (χ1n) is 8.09. The van der Waals surface area contributed by atoms with Crippen molar-refractivity contribution in [3.05, 3.63) is 60.7 Å². The fraction of sp³-hybridized carbons (Fsp3) is 0. The molecule has 4 N–H and O–H groups in total. The summed E-state index contributed by atoms with van der Waals surface area (Å²) < 4.78 is 11.8. The Hall–Kier alpha value is -3.80. The Morgan fingerprint density at radius 3 is 1.35 bits per heavy atom. The maximum absolute atomic E-state index is 5.88. The van der Waals surface area contributed by atoms with E-state index in [0.717, 1.165) is 11.1 Å². The van der Waals surface area contributed by atoms with Gasteiger partial charge in [-0.05, 0) is 48.5 Å². The van der Waals surface area contributed by atoms with Crippen molar-refractivity contribution in [2.45, 2.75) is 0 Å². The number of anilines is 2. The molecule has 0 aliphatic carbocycles. The van der Waals surface area contributed by atoms with Crippen LogP contribution in [0.4, 0.5) is 11.4 Å². The number of hydrogen-bond acceptors (Lipinski definition) is 6. The molecule has 0 radical (unpaired) electrons. The summed E-state index contributed by atoms with van der Waals surface area (Å²) in [6.07, 6.45) is 0. The van der Waals surface area contributed by atoms with Crippen LogP contribution >= 0.6 is 0 Å². The van der Waals surface area contributed by atoms with Crippen LogP contribution in [0, 0.1) is 0 Å². The molecule has 0 bridgehead atoms. The van der Waals surface area contributed by atoms with Crippen molar-refractivity contribution in [1.29, 1.82) is 0 Å². The average Bonchev–Trinajstić information content (AvgIpc) is 3.23. The molecule has 5 rings (SSSR count). The zero-order valence-electron chi connectivity index (χ0n) is 13.6. The average molecular weight is 342 g/mol. The molecule has 0 saturated heterocycles. The molecule has 126 valence electrons. The standard InChI is InChI=1S/C20H14N4O2/c21-13-5-1-11(2-6-13)19-23-15-9-18-16(10-17(15)25-19)24-20(26-18)12-3-7-14(22)8-4-12/h1-10H,21-22H2. The minimum absolute atomic E-state index is 0.534. The molecule has 3 aromatic carbocycles. The second-order valence-corrected chi connectivity index (χ2v) is 6.07. The first-order chi connectivity index (χ1) is 12.7. The molecule has 0 amide bonds. The van der Waals surface area contributed by atoms with Gasteiger partial charge in [0, 0.05) is 34.6 Å². The van der Waals surface area contributed by atoms with Gasteiger partial charge < -0.3 is 20.3 Å². The first kappa shape index (κ1) is 14.5. The van der Waals surface area contributed by atoms with Gasteiger partial charge in [0.05, 0.1) is 0 Å². The predicted octanol–water partition coefficient (Wildman–Crippen LogP) is 4.47. The Labute approximate surface area is 148 Å². The largest absolute Gasteiger partial charge is 0.436 e. The van der Waals surface area contributed by atoms with Crippen molar-refractivity contribution in [2.75, 3.05) is 11.5 Å². The summed E-state index contributed by atoms with van der Waals surface area (Å²) in [5.41, 5.74) is 17.3. The predicted molar refractivity (Wildman–Crippen MR) is 101 cm³/mol. The summed E-state index contributed by atoms with van der Waals surface area (Å²) in [6.45, 7) is 0. The van der Waals surface area contributed by atoms with Gasteiger partial charge >= 0.3 is 0 Å². The molecule has 6 nitrogen and oxygen atoms in total. The Balaban J connectivity index is 1.60. The normalized spacial score (nSPS) is 11.4. The SMILES string of the molecule is Nc1ccc(-c2nc3cc4oc(-c5ccc(N)cc5)nc4cc3o2)cc1. The zero-order chi connectivity index (χ0) is 17.7. The van der Waals surface area contributed by atoms with Gasteiger partial charge in [-0.3, -0.25) is 0 Å².